The summed E-state index contributed by atoms with van der Waals surface area (Å²) in [5.41, 5.74) is 0.644. The third-order valence-electron chi connectivity index (χ3n) is 10.1. The van der Waals surface area contributed by atoms with E-state index in [-0.39, 0.29) is 28.7 Å². The van der Waals surface area contributed by atoms with Gasteiger partial charge in [0.15, 0.2) is 17.3 Å². The number of phenolic OH excluding ortho intramolecular Hbond substituents is 1. The van der Waals surface area contributed by atoms with Crippen molar-refractivity contribution in [3.05, 3.63) is 92.1 Å². The molecule has 3 N–H and O–H groups in total. The number of aromatic nitrogens is 1. The van der Waals surface area contributed by atoms with Crippen LogP contribution in [0.1, 0.15) is 35.4 Å². The van der Waals surface area contributed by atoms with E-state index in [0.29, 0.717) is 39.0 Å². The van der Waals surface area contributed by atoms with Crippen molar-refractivity contribution >= 4 is 64.2 Å². The van der Waals surface area contributed by atoms with Gasteiger partial charge in [0.25, 0.3) is 23.6 Å². The summed E-state index contributed by atoms with van der Waals surface area (Å²) in [6.07, 6.45) is -2.69. The van der Waals surface area contributed by atoms with Crippen LogP contribution < -0.4 is 10.2 Å². The van der Waals surface area contributed by atoms with Crippen molar-refractivity contribution in [1.82, 2.24) is 15.1 Å². The Morgan fingerprint density at radius 3 is 2.32 bits per heavy atom. The lowest BCUT2D eigenvalue weighted by Crippen LogP contribution is -2.53. The highest BCUT2D eigenvalue weighted by atomic mass is 35.5. The number of pyridine rings is 1. The maximum absolute atomic E-state index is 15.1. The summed E-state index contributed by atoms with van der Waals surface area (Å²) < 4.78 is 45.5. The quantitative estimate of drug-likeness (QED) is 0.159. The molecule has 4 aliphatic rings. The first kappa shape index (κ1) is 34.1. The summed E-state index contributed by atoms with van der Waals surface area (Å²) in [6, 6.07) is 9.60. The molecule has 2 saturated heterocycles. The van der Waals surface area contributed by atoms with E-state index in [1.165, 1.54) is 31.4 Å². The van der Waals surface area contributed by atoms with Gasteiger partial charge in [0.2, 0.25) is 0 Å². The molecule has 2 aliphatic carbocycles. The minimum atomic E-state index is -4.77. The molecule has 0 radical (unpaired) electrons. The third kappa shape index (κ3) is 4.87. The summed E-state index contributed by atoms with van der Waals surface area (Å²) in [6.45, 7) is 0. The third-order valence-corrected chi connectivity index (χ3v) is 11.0. The van der Waals surface area contributed by atoms with Crippen LogP contribution in [0.2, 0.25) is 15.1 Å². The van der Waals surface area contributed by atoms with E-state index in [2.05, 4.69) is 10.4 Å². The molecule has 6 atom stereocenters. The molecule has 260 valence electrons. The number of hydroxylamine groups is 2. The highest BCUT2D eigenvalue weighted by Crippen LogP contribution is 2.64. The van der Waals surface area contributed by atoms with Gasteiger partial charge in [-0.3, -0.25) is 29.8 Å². The minimum Gasteiger partial charge on any atom is -0.503 e. The molecule has 1 aromatic heterocycles. The average molecular weight is 752 g/mol. The topological polar surface area (TPSA) is 149 Å². The van der Waals surface area contributed by atoms with Gasteiger partial charge in [-0.25, -0.2) is 4.98 Å². The van der Waals surface area contributed by atoms with Crippen LogP contribution in [-0.4, -0.2) is 56.1 Å². The van der Waals surface area contributed by atoms with E-state index < -0.39 is 87.0 Å². The second kappa shape index (κ2) is 11.9. The van der Waals surface area contributed by atoms with E-state index in [0.717, 1.165) is 0 Å². The lowest BCUT2D eigenvalue weighted by Gasteiger charge is -2.50. The highest BCUT2D eigenvalue weighted by molar-refractivity contribution is 6.33. The number of amides is 4. The summed E-state index contributed by atoms with van der Waals surface area (Å²) in [5.74, 6) is -9.46. The molecule has 3 heterocycles. The van der Waals surface area contributed by atoms with E-state index >= 15 is 4.79 Å². The van der Waals surface area contributed by atoms with Crippen LogP contribution in [0.4, 0.5) is 19.0 Å². The number of benzene rings is 2. The normalized spacial score (nSPS) is 27.6. The fourth-order valence-corrected chi connectivity index (χ4v) is 8.61. The van der Waals surface area contributed by atoms with Gasteiger partial charge in [0.1, 0.15) is 0 Å². The zero-order valence-electron chi connectivity index (χ0n) is 25.5. The molecule has 11 nitrogen and oxygen atoms in total. The Bertz CT molecular complexity index is 2030. The van der Waals surface area contributed by atoms with E-state index in [1.807, 2.05) is 0 Å². The Morgan fingerprint density at radius 2 is 1.68 bits per heavy atom. The zero-order chi connectivity index (χ0) is 36.0. The monoisotopic (exact) mass is 750 g/mol. The van der Waals surface area contributed by atoms with Crippen LogP contribution in [0.5, 0.6) is 11.5 Å². The molecular weight excluding hydrogens is 728 g/mol. The van der Waals surface area contributed by atoms with Crippen LogP contribution in [0.3, 0.4) is 0 Å². The second-order valence-electron chi connectivity index (χ2n) is 12.5. The van der Waals surface area contributed by atoms with Crippen molar-refractivity contribution in [1.29, 1.82) is 0 Å². The number of rotatable bonds is 5. The molecule has 50 heavy (non-hydrogen) atoms. The number of hydrogen-bond donors (Lipinski definition) is 3. The van der Waals surface area contributed by atoms with Gasteiger partial charge in [0.05, 0.1) is 45.9 Å². The molecule has 3 fully saturated rings. The van der Waals surface area contributed by atoms with Crippen molar-refractivity contribution in [2.24, 2.45) is 23.7 Å². The fraction of sp³-hybridized carbons (Fsp3) is 0.303. The fourth-order valence-electron chi connectivity index (χ4n) is 8.06. The number of phenols is 1. The lowest BCUT2D eigenvalue weighted by molar-refractivity contribution is -0.173. The van der Waals surface area contributed by atoms with Gasteiger partial charge in [-0.05, 0) is 60.2 Å². The molecule has 4 amide bonds. The Kier molecular flexibility index (Phi) is 8.09. The van der Waals surface area contributed by atoms with Crippen molar-refractivity contribution in [3.63, 3.8) is 0 Å². The Balaban J connectivity index is 1.47. The molecule has 17 heteroatoms. The molecule has 3 aromatic rings. The summed E-state index contributed by atoms with van der Waals surface area (Å²) in [4.78, 5) is 59.7. The molecule has 7 rings (SSSR count). The molecule has 0 bridgehead atoms. The van der Waals surface area contributed by atoms with Gasteiger partial charge in [0, 0.05) is 17.1 Å². The number of anilines is 1. The summed E-state index contributed by atoms with van der Waals surface area (Å²) in [5, 5.41) is 21.3. The first-order valence-corrected chi connectivity index (χ1v) is 16.2. The van der Waals surface area contributed by atoms with Gasteiger partial charge < -0.3 is 9.84 Å². The Labute approximate surface area is 296 Å². The van der Waals surface area contributed by atoms with Crippen LogP contribution in [0.15, 0.2) is 60.3 Å². The average Bonchev–Trinajstić information content (AvgIpc) is 3.43. The molecule has 2 aliphatic heterocycles. The number of aromatic hydroxyl groups is 1. The molecule has 2 aromatic carbocycles. The number of allylic oxidation sites excluding steroid dienone is 2. The number of ether oxygens (including phenoxy) is 1. The number of nitrogens with zero attached hydrogens (tertiary/aromatic N) is 3. The van der Waals surface area contributed by atoms with E-state index in [4.69, 9.17) is 39.5 Å². The van der Waals surface area contributed by atoms with Crippen molar-refractivity contribution in [3.8, 4) is 11.5 Å². The SMILES string of the molecule is COc1cc(C2C3=CCC4C(=O)N(O)C(=O)C4C3CC3C(=O)N(Nc4ncc(C(F)(F)F)cc4Cl)C(=O)C32c2ccc(Cl)cc2)cc(Cl)c1O. The molecule has 1 saturated carbocycles. The molecular formula is C33H24Cl3F3N4O7. The van der Waals surface area contributed by atoms with Crippen LogP contribution in [-0.2, 0) is 30.8 Å². The van der Waals surface area contributed by atoms with Crippen LogP contribution in [0.25, 0.3) is 0 Å². The smallest absolute Gasteiger partial charge is 0.417 e. The molecule has 0 spiro atoms. The number of carbonyl (C=O) groups is 4. The number of carbonyl (C=O) groups excluding carboxylic acids is 4. The van der Waals surface area contributed by atoms with Gasteiger partial charge >= 0.3 is 6.18 Å². The lowest BCUT2D eigenvalue weighted by atomic mass is 9.49. The maximum atomic E-state index is 15.1. The predicted molar refractivity (Wildman–Crippen MR) is 170 cm³/mol. The number of methoxy groups -OCH3 is 1. The van der Waals surface area contributed by atoms with E-state index in [1.54, 1.807) is 18.2 Å². The summed E-state index contributed by atoms with van der Waals surface area (Å²) in [7, 11) is 1.29. The number of fused-ring (bicyclic) bond motifs is 4. The summed E-state index contributed by atoms with van der Waals surface area (Å²) >= 11 is 18.9. The second-order valence-corrected chi connectivity index (χ2v) is 13.7. The molecule has 6 unspecified atom stereocenters. The van der Waals surface area contributed by atoms with Crippen LogP contribution >= 0.6 is 34.8 Å². The Morgan fingerprint density at radius 1 is 0.980 bits per heavy atom. The highest BCUT2D eigenvalue weighted by Gasteiger charge is 2.70. The number of hydrazine groups is 1. The van der Waals surface area contributed by atoms with Crippen LogP contribution in [0, 0.1) is 23.7 Å². The number of nitrogens with one attached hydrogen (secondary N) is 1. The number of imide groups is 2. The Hall–Kier alpha value is -4.37. The first-order valence-electron chi connectivity index (χ1n) is 15.1. The number of hydrogen-bond acceptors (Lipinski definition) is 9. The standard InChI is InChI=1S/C33H24Cl3F3N4O7/c1-50-23-9-13(8-21(35)26(23)44)25-17-6-7-18-24(30(47)43(49)28(18)45)19(17)11-20-29(46)42(31(48)32(20,25)14-2-4-16(34)5-3-14)41-27-22(36)10-15(12-40-27)33(37,38)39/h2-6,8-10,12,18-20,24-25,44,49H,7,11H2,1H3,(H,40,41). The zero-order valence-corrected chi connectivity index (χ0v) is 27.8. The van der Waals surface area contributed by atoms with Gasteiger partial charge in [-0.15, -0.1) is 0 Å². The predicted octanol–water partition coefficient (Wildman–Crippen LogP) is 6.15. The minimum absolute atomic E-state index is 0.0220. The largest absolute Gasteiger partial charge is 0.503 e. The maximum Gasteiger partial charge on any atom is 0.417 e. The van der Waals surface area contributed by atoms with Crippen molar-refractivity contribution in [2.75, 3.05) is 12.5 Å². The number of alkyl halides is 3. The van der Waals surface area contributed by atoms with Gasteiger partial charge in [-0.2, -0.15) is 23.2 Å². The van der Waals surface area contributed by atoms with Gasteiger partial charge in [-0.1, -0.05) is 58.6 Å². The van der Waals surface area contributed by atoms with Crippen molar-refractivity contribution < 1.29 is 47.4 Å². The van der Waals surface area contributed by atoms with E-state index in [9.17, 15) is 37.9 Å². The first-order chi connectivity index (χ1) is 23.6. The van der Waals surface area contributed by atoms with Crippen molar-refractivity contribution in [2.45, 2.75) is 30.4 Å². The number of halogens is 6.